The van der Waals surface area contributed by atoms with Gasteiger partial charge in [0.1, 0.15) is 5.82 Å². The number of carbonyl (C=O) groups is 1. The van der Waals surface area contributed by atoms with Gasteiger partial charge in [-0.15, -0.1) is 11.3 Å². The van der Waals surface area contributed by atoms with Crippen molar-refractivity contribution in [2.75, 3.05) is 36.5 Å². The zero-order valence-corrected chi connectivity index (χ0v) is 15.2. The van der Waals surface area contributed by atoms with E-state index in [4.69, 9.17) is 4.74 Å². The summed E-state index contributed by atoms with van der Waals surface area (Å²) in [4.78, 5) is 26.4. The van der Waals surface area contributed by atoms with E-state index in [0.717, 1.165) is 54.0 Å². The van der Waals surface area contributed by atoms with Crippen LogP contribution < -0.4 is 15.5 Å². The van der Waals surface area contributed by atoms with Crippen molar-refractivity contribution >= 4 is 39.2 Å². The highest BCUT2D eigenvalue weighted by Gasteiger charge is 2.15. The van der Waals surface area contributed by atoms with Crippen LogP contribution >= 0.6 is 11.3 Å². The van der Waals surface area contributed by atoms with E-state index in [1.807, 2.05) is 30.5 Å². The van der Waals surface area contributed by atoms with Crippen LogP contribution in [0.3, 0.4) is 0 Å². The van der Waals surface area contributed by atoms with Gasteiger partial charge in [0, 0.05) is 24.2 Å². The predicted octanol–water partition coefficient (Wildman–Crippen LogP) is 2.49. The monoisotopic (exact) mass is 372 g/mol. The van der Waals surface area contributed by atoms with Gasteiger partial charge in [-0.3, -0.25) is 0 Å². The molecule has 1 aliphatic heterocycles. The molecule has 1 saturated heterocycles. The molecule has 0 bridgehead atoms. The quantitative estimate of drug-likeness (QED) is 0.654. The summed E-state index contributed by atoms with van der Waals surface area (Å²) >= 11 is 1.59. The van der Waals surface area contributed by atoms with E-state index in [0.29, 0.717) is 12.2 Å². The van der Waals surface area contributed by atoms with Gasteiger partial charge in [-0.2, -0.15) is 0 Å². The number of aromatic nitrogens is 3. The fraction of sp³-hybridized carbons (Fsp3) is 0.353. The molecule has 0 spiro atoms. The van der Waals surface area contributed by atoms with Gasteiger partial charge in [0.25, 0.3) is 0 Å². The number of benzene rings is 1. The van der Waals surface area contributed by atoms with E-state index in [2.05, 4.69) is 30.5 Å². The lowest BCUT2D eigenvalue weighted by molar-refractivity contribution is 0.122. The van der Waals surface area contributed by atoms with Gasteiger partial charge < -0.3 is 25.3 Å². The number of rotatable bonds is 4. The number of nitrogens with one attached hydrogen (secondary N) is 3. The number of hydrogen-bond acceptors (Lipinski definition) is 6. The topological polar surface area (TPSA) is 95.2 Å². The van der Waals surface area contributed by atoms with Crippen molar-refractivity contribution in [3.05, 3.63) is 35.1 Å². The highest BCUT2D eigenvalue weighted by Crippen LogP contribution is 2.21. The number of hydrogen-bond donors (Lipinski definition) is 3. The maximum Gasteiger partial charge on any atom is 0.319 e. The largest absolute Gasteiger partial charge is 0.378 e. The Morgan fingerprint density at radius 2 is 2.19 bits per heavy atom. The third-order valence-corrected chi connectivity index (χ3v) is 5.06. The van der Waals surface area contributed by atoms with Crippen molar-refractivity contribution in [2.24, 2.45) is 0 Å². The van der Waals surface area contributed by atoms with Crippen molar-refractivity contribution in [3.63, 3.8) is 0 Å². The molecule has 26 heavy (non-hydrogen) atoms. The number of anilines is 2. The summed E-state index contributed by atoms with van der Waals surface area (Å²) in [5.74, 6) is 0.848. The van der Waals surface area contributed by atoms with Crippen LogP contribution in [0.25, 0.3) is 11.0 Å². The Balaban J connectivity index is 1.32. The average molecular weight is 372 g/mol. The molecule has 0 atom stereocenters. The number of thiazole rings is 1. The molecule has 3 N–H and O–H groups in total. The fourth-order valence-corrected chi connectivity index (χ4v) is 3.72. The number of morpholine rings is 1. The van der Waals surface area contributed by atoms with E-state index in [-0.39, 0.29) is 6.03 Å². The van der Waals surface area contributed by atoms with E-state index in [1.165, 1.54) is 0 Å². The second kappa shape index (κ2) is 7.30. The van der Waals surface area contributed by atoms with E-state index >= 15 is 0 Å². The summed E-state index contributed by atoms with van der Waals surface area (Å²) < 4.78 is 5.36. The van der Waals surface area contributed by atoms with Crippen molar-refractivity contribution in [1.29, 1.82) is 0 Å². The number of H-pyrrole nitrogens is 1. The SMILES string of the molecule is Cc1nc2ccc(NC(=O)NCc3csc(N4CCOCC4)n3)cc2[nH]1. The molecule has 3 heterocycles. The van der Waals surface area contributed by atoms with Crippen LogP contribution in [-0.2, 0) is 11.3 Å². The van der Waals surface area contributed by atoms with Crippen LogP contribution in [0, 0.1) is 6.92 Å². The second-order valence-corrected chi connectivity index (χ2v) is 6.92. The van der Waals surface area contributed by atoms with Crippen LogP contribution in [0.5, 0.6) is 0 Å². The first-order valence-corrected chi connectivity index (χ1v) is 9.34. The molecule has 1 aliphatic rings. The summed E-state index contributed by atoms with van der Waals surface area (Å²) in [5, 5.41) is 8.63. The number of ether oxygens (including phenoxy) is 1. The normalized spacial score (nSPS) is 14.6. The standard InChI is InChI=1S/C17H20N6O2S/c1-11-19-14-3-2-12(8-15(14)20-11)21-16(24)18-9-13-10-26-17(22-13)23-4-6-25-7-5-23/h2-3,8,10H,4-7,9H2,1H3,(H,19,20)(H2,18,21,24). The summed E-state index contributed by atoms with van der Waals surface area (Å²) in [7, 11) is 0. The summed E-state index contributed by atoms with van der Waals surface area (Å²) in [6.07, 6.45) is 0. The van der Waals surface area contributed by atoms with Gasteiger partial charge in [-0.1, -0.05) is 0 Å². The lowest BCUT2D eigenvalue weighted by Crippen LogP contribution is -2.36. The van der Waals surface area contributed by atoms with Gasteiger partial charge in [-0.05, 0) is 25.1 Å². The number of imidazole rings is 1. The summed E-state index contributed by atoms with van der Waals surface area (Å²) in [5.41, 5.74) is 3.35. The Morgan fingerprint density at radius 3 is 3.04 bits per heavy atom. The first-order chi connectivity index (χ1) is 12.7. The summed E-state index contributed by atoms with van der Waals surface area (Å²) in [6, 6.07) is 5.32. The molecule has 0 saturated carbocycles. The van der Waals surface area contributed by atoms with Gasteiger partial charge in [0.05, 0.1) is 36.5 Å². The lowest BCUT2D eigenvalue weighted by Gasteiger charge is -2.26. The van der Waals surface area contributed by atoms with Crippen LogP contribution in [0.2, 0.25) is 0 Å². The maximum atomic E-state index is 12.1. The minimum Gasteiger partial charge on any atom is -0.378 e. The van der Waals surface area contributed by atoms with Gasteiger partial charge in [0.15, 0.2) is 5.13 Å². The van der Waals surface area contributed by atoms with Gasteiger partial charge in [-0.25, -0.2) is 14.8 Å². The molecular weight excluding hydrogens is 352 g/mol. The molecule has 1 aromatic carbocycles. The van der Waals surface area contributed by atoms with Crippen molar-refractivity contribution in [2.45, 2.75) is 13.5 Å². The molecule has 9 heteroatoms. The highest BCUT2D eigenvalue weighted by atomic mass is 32.1. The molecule has 1 fully saturated rings. The smallest absolute Gasteiger partial charge is 0.319 e. The number of urea groups is 1. The average Bonchev–Trinajstić information content (AvgIpc) is 3.26. The number of amides is 2. The maximum absolute atomic E-state index is 12.1. The van der Waals surface area contributed by atoms with E-state index in [1.54, 1.807) is 11.3 Å². The minimum atomic E-state index is -0.262. The van der Waals surface area contributed by atoms with Crippen LogP contribution in [0.4, 0.5) is 15.6 Å². The Hall–Kier alpha value is -2.65. The number of aryl methyl sites for hydroxylation is 1. The second-order valence-electron chi connectivity index (χ2n) is 6.08. The molecule has 136 valence electrons. The third kappa shape index (κ3) is 3.78. The first-order valence-electron chi connectivity index (χ1n) is 8.46. The van der Waals surface area contributed by atoms with Crippen LogP contribution in [-0.4, -0.2) is 47.3 Å². The first kappa shape index (κ1) is 16.8. The molecule has 8 nitrogen and oxygen atoms in total. The molecule has 0 radical (unpaired) electrons. The van der Waals surface area contributed by atoms with Crippen LogP contribution in [0.1, 0.15) is 11.5 Å². The molecule has 0 aliphatic carbocycles. The number of nitrogens with zero attached hydrogens (tertiary/aromatic N) is 3. The number of aromatic amines is 1. The molecule has 2 aromatic heterocycles. The van der Waals surface area contributed by atoms with Crippen molar-refractivity contribution in [3.8, 4) is 0 Å². The van der Waals surface area contributed by atoms with Crippen molar-refractivity contribution < 1.29 is 9.53 Å². The molecular formula is C17H20N6O2S. The van der Waals surface area contributed by atoms with E-state index in [9.17, 15) is 4.79 Å². The van der Waals surface area contributed by atoms with Crippen LogP contribution in [0.15, 0.2) is 23.6 Å². The summed E-state index contributed by atoms with van der Waals surface area (Å²) in [6.45, 7) is 5.47. The van der Waals surface area contributed by atoms with Crippen molar-refractivity contribution in [1.82, 2.24) is 20.3 Å². The van der Waals surface area contributed by atoms with Gasteiger partial charge in [0.2, 0.25) is 0 Å². The Labute approximate surface area is 154 Å². The Bertz CT molecular complexity index is 915. The fourth-order valence-electron chi connectivity index (χ4n) is 2.84. The Kier molecular flexibility index (Phi) is 4.72. The molecule has 4 rings (SSSR count). The van der Waals surface area contributed by atoms with Gasteiger partial charge >= 0.3 is 6.03 Å². The van der Waals surface area contributed by atoms with E-state index < -0.39 is 0 Å². The third-order valence-electron chi connectivity index (χ3n) is 4.11. The highest BCUT2D eigenvalue weighted by molar-refractivity contribution is 7.13. The number of carbonyl (C=O) groups excluding carboxylic acids is 1. The molecule has 2 amide bonds. The zero-order chi connectivity index (χ0) is 17.9. The molecule has 0 unspecified atom stereocenters. The lowest BCUT2D eigenvalue weighted by atomic mass is 10.3. The predicted molar refractivity (Wildman–Crippen MR) is 102 cm³/mol. The zero-order valence-electron chi connectivity index (χ0n) is 14.4. The number of fused-ring (bicyclic) bond motifs is 1. The Morgan fingerprint density at radius 1 is 1.35 bits per heavy atom. The molecule has 3 aromatic rings. The minimum absolute atomic E-state index is 0.262.